The zero-order chi connectivity index (χ0) is 13.3. The van der Waals surface area contributed by atoms with Crippen LogP contribution in [0.2, 0.25) is 0 Å². The maximum atomic E-state index is 11.3. The molecule has 0 N–H and O–H groups in total. The summed E-state index contributed by atoms with van der Waals surface area (Å²) in [5.41, 5.74) is 4.10. The lowest BCUT2D eigenvalue weighted by molar-refractivity contribution is 0.0556. The number of benzene rings is 1. The summed E-state index contributed by atoms with van der Waals surface area (Å²) in [5.74, 6) is -0.423. The summed E-state index contributed by atoms with van der Waals surface area (Å²) in [5, 5.41) is 7.57. The quantitative estimate of drug-likeness (QED) is 0.761. The van der Waals surface area contributed by atoms with Gasteiger partial charge in [-0.15, -0.1) is 10.2 Å². The molecule has 0 fully saturated rings. The zero-order valence-electron chi connectivity index (χ0n) is 10.8. The second-order valence-electron chi connectivity index (χ2n) is 4.18. The Morgan fingerprint density at radius 2 is 1.78 bits per heavy atom. The maximum absolute atomic E-state index is 11.3. The molecule has 0 bridgehead atoms. The van der Waals surface area contributed by atoms with Gasteiger partial charge in [-0.05, 0) is 31.9 Å². The molecule has 0 aliphatic carbocycles. The predicted octanol–water partition coefficient (Wildman–Crippen LogP) is 2.45. The van der Waals surface area contributed by atoms with Crippen molar-refractivity contribution < 1.29 is 13.9 Å². The Kier molecular flexibility index (Phi) is 3.14. The summed E-state index contributed by atoms with van der Waals surface area (Å²) in [6.45, 7) is 5.96. The Morgan fingerprint density at radius 1 is 1.17 bits per heavy atom. The van der Waals surface area contributed by atoms with Crippen molar-refractivity contribution >= 4 is 5.97 Å². The lowest BCUT2D eigenvalue weighted by atomic mass is 10.00. The molecule has 0 aliphatic heterocycles. The minimum atomic E-state index is -0.629. The number of aromatic nitrogens is 2. The molecule has 0 unspecified atom stereocenters. The number of methoxy groups -OCH3 is 1. The molecule has 0 amide bonds. The molecule has 0 atom stereocenters. The highest BCUT2D eigenvalue weighted by atomic mass is 16.5. The average Bonchev–Trinajstić information content (AvgIpc) is 2.76. The van der Waals surface area contributed by atoms with E-state index >= 15 is 0 Å². The molecule has 0 saturated carbocycles. The van der Waals surface area contributed by atoms with Crippen LogP contribution in [0.4, 0.5) is 0 Å². The van der Waals surface area contributed by atoms with Crippen LogP contribution in [0.25, 0.3) is 11.5 Å². The van der Waals surface area contributed by atoms with Crippen molar-refractivity contribution in [2.24, 2.45) is 0 Å². The lowest BCUT2D eigenvalue weighted by Gasteiger charge is -2.06. The summed E-state index contributed by atoms with van der Waals surface area (Å²) in [4.78, 5) is 11.3. The van der Waals surface area contributed by atoms with Gasteiger partial charge in [-0.3, -0.25) is 0 Å². The molecule has 2 aromatic rings. The van der Waals surface area contributed by atoms with E-state index in [1.807, 2.05) is 32.9 Å². The lowest BCUT2D eigenvalue weighted by Crippen LogP contribution is -2.00. The van der Waals surface area contributed by atoms with Crippen molar-refractivity contribution in [2.75, 3.05) is 7.11 Å². The Labute approximate surface area is 105 Å². The second kappa shape index (κ2) is 4.60. The monoisotopic (exact) mass is 246 g/mol. The van der Waals surface area contributed by atoms with Crippen LogP contribution in [0.5, 0.6) is 0 Å². The molecule has 5 nitrogen and oxygen atoms in total. The van der Waals surface area contributed by atoms with Crippen LogP contribution in [-0.2, 0) is 4.74 Å². The summed E-state index contributed by atoms with van der Waals surface area (Å²) in [6.07, 6.45) is 0. The van der Waals surface area contributed by atoms with Gasteiger partial charge < -0.3 is 9.15 Å². The normalized spacial score (nSPS) is 10.4. The van der Waals surface area contributed by atoms with Crippen molar-refractivity contribution in [3.05, 3.63) is 34.7 Å². The van der Waals surface area contributed by atoms with Gasteiger partial charge in [0.1, 0.15) is 0 Å². The molecule has 1 aromatic carbocycles. The number of hydrogen-bond donors (Lipinski definition) is 0. The molecule has 1 aromatic heterocycles. The molecule has 94 valence electrons. The van der Waals surface area contributed by atoms with Crippen LogP contribution >= 0.6 is 0 Å². The number of nitrogens with zero attached hydrogens (tertiary/aromatic N) is 2. The third kappa shape index (κ3) is 2.11. The molecule has 0 aliphatic rings. The van der Waals surface area contributed by atoms with Crippen molar-refractivity contribution in [2.45, 2.75) is 20.8 Å². The number of carbonyl (C=O) groups excluding carboxylic acids is 1. The van der Waals surface area contributed by atoms with Crippen LogP contribution < -0.4 is 0 Å². The highest BCUT2D eigenvalue weighted by Gasteiger charge is 2.18. The standard InChI is InChI=1S/C13H14N2O3/c1-7-5-8(2)10(9(3)6-7)11-14-15-12(18-11)13(16)17-4/h5-6H,1-4H3. The van der Waals surface area contributed by atoms with Crippen molar-refractivity contribution in [1.82, 2.24) is 10.2 Å². The topological polar surface area (TPSA) is 65.2 Å². The van der Waals surface area contributed by atoms with Gasteiger partial charge >= 0.3 is 11.9 Å². The Bertz CT molecular complexity index is 579. The fourth-order valence-electron chi connectivity index (χ4n) is 2.01. The molecular formula is C13H14N2O3. The molecule has 5 heteroatoms. The highest BCUT2D eigenvalue weighted by Crippen LogP contribution is 2.27. The van der Waals surface area contributed by atoms with Crippen LogP contribution in [0.1, 0.15) is 27.4 Å². The van der Waals surface area contributed by atoms with E-state index in [4.69, 9.17) is 4.42 Å². The van der Waals surface area contributed by atoms with Gasteiger partial charge in [0, 0.05) is 5.56 Å². The van der Waals surface area contributed by atoms with Crippen LogP contribution in [-0.4, -0.2) is 23.3 Å². The summed E-state index contributed by atoms with van der Waals surface area (Å²) < 4.78 is 9.86. The zero-order valence-corrected chi connectivity index (χ0v) is 10.8. The Balaban J connectivity index is 2.49. The second-order valence-corrected chi connectivity index (χ2v) is 4.18. The number of ether oxygens (including phenoxy) is 1. The van der Waals surface area contributed by atoms with E-state index < -0.39 is 5.97 Å². The van der Waals surface area contributed by atoms with Gasteiger partial charge in [-0.1, -0.05) is 17.7 Å². The number of esters is 1. The molecule has 2 rings (SSSR count). The van der Waals surface area contributed by atoms with Crippen LogP contribution in [0.15, 0.2) is 16.5 Å². The number of rotatable bonds is 2. The largest absolute Gasteiger partial charge is 0.462 e. The Morgan fingerprint density at radius 3 is 2.33 bits per heavy atom. The number of hydrogen-bond acceptors (Lipinski definition) is 5. The first-order valence-electron chi connectivity index (χ1n) is 5.53. The van der Waals surface area contributed by atoms with E-state index in [1.54, 1.807) is 0 Å². The molecule has 0 saturated heterocycles. The first-order valence-corrected chi connectivity index (χ1v) is 5.53. The minimum absolute atomic E-state index is 0.133. The van der Waals surface area contributed by atoms with Gasteiger partial charge in [0.2, 0.25) is 5.89 Å². The minimum Gasteiger partial charge on any atom is -0.462 e. The van der Waals surface area contributed by atoms with E-state index in [1.165, 1.54) is 12.7 Å². The number of carbonyl (C=O) groups is 1. The molecular weight excluding hydrogens is 232 g/mol. The van der Waals surface area contributed by atoms with E-state index in [-0.39, 0.29) is 5.89 Å². The van der Waals surface area contributed by atoms with Crippen molar-refractivity contribution in [1.29, 1.82) is 0 Å². The number of aryl methyl sites for hydroxylation is 3. The predicted molar refractivity (Wildman–Crippen MR) is 65.3 cm³/mol. The van der Waals surface area contributed by atoms with Crippen molar-refractivity contribution in [3.8, 4) is 11.5 Å². The fraction of sp³-hybridized carbons (Fsp3) is 0.308. The van der Waals surface area contributed by atoms with Crippen molar-refractivity contribution in [3.63, 3.8) is 0 Å². The summed E-state index contributed by atoms with van der Waals surface area (Å²) in [7, 11) is 1.27. The Hall–Kier alpha value is -2.17. The summed E-state index contributed by atoms with van der Waals surface area (Å²) >= 11 is 0. The maximum Gasteiger partial charge on any atom is 0.396 e. The molecule has 0 spiro atoms. The molecule has 1 heterocycles. The SMILES string of the molecule is COC(=O)c1nnc(-c2c(C)cc(C)cc2C)o1. The van der Waals surface area contributed by atoms with Crippen LogP contribution in [0, 0.1) is 20.8 Å². The third-order valence-electron chi connectivity index (χ3n) is 2.68. The van der Waals surface area contributed by atoms with Gasteiger partial charge in [-0.25, -0.2) is 4.79 Å². The van der Waals surface area contributed by atoms with E-state index in [9.17, 15) is 4.79 Å². The first kappa shape index (κ1) is 12.3. The van der Waals surface area contributed by atoms with E-state index in [2.05, 4.69) is 14.9 Å². The third-order valence-corrected chi connectivity index (χ3v) is 2.68. The van der Waals surface area contributed by atoms with Gasteiger partial charge in [0.25, 0.3) is 0 Å². The van der Waals surface area contributed by atoms with Crippen LogP contribution in [0.3, 0.4) is 0 Å². The van der Waals surface area contributed by atoms with Gasteiger partial charge in [0.15, 0.2) is 0 Å². The average molecular weight is 246 g/mol. The van der Waals surface area contributed by atoms with Gasteiger partial charge in [-0.2, -0.15) is 0 Å². The fourth-order valence-corrected chi connectivity index (χ4v) is 2.01. The molecule has 0 radical (unpaired) electrons. The van der Waals surface area contributed by atoms with E-state index in [0.29, 0.717) is 5.89 Å². The van der Waals surface area contributed by atoms with E-state index in [0.717, 1.165) is 16.7 Å². The molecule has 18 heavy (non-hydrogen) atoms. The smallest absolute Gasteiger partial charge is 0.396 e. The highest BCUT2D eigenvalue weighted by molar-refractivity contribution is 5.84. The first-order chi connectivity index (χ1) is 8.52. The summed E-state index contributed by atoms with van der Waals surface area (Å²) in [6, 6.07) is 4.06. The van der Waals surface area contributed by atoms with Gasteiger partial charge in [0.05, 0.1) is 7.11 Å².